The number of rotatable bonds is 5. The quantitative estimate of drug-likeness (QED) is 0.836. The van der Waals surface area contributed by atoms with Crippen LogP contribution in [0.4, 0.5) is 0 Å². The fraction of sp³-hybridized carbons (Fsp3) is 0.286. The summed E-state index contributed by atoms with van der Waals surface area (Å²) in [6.07, 6.45) is 2.67. The van der Waals surface area contributed by atoms with Crippen LogP contribution in [0, 0.1) is 0 Å². The molecule has 1 aromatic heterocycles. The van der Waals surface area contributed by atoms with E-state index in [1.54, 1.807) is 4.90 Å². The zero-order chi connectivity index (χ0) is 16.3. The zero-order valence-electron chi connectivity index (χ0n) is 12.2. The van der Waals surface area contributed by atoms with Crippen molar-refractivity contribution in [2.24, 2.45) is 0 Å². The Morgan fingerprint density at radius 2 is 1.95 bits per heavy atom. The van der Waals surface area contributed by atoms with E-state index in [0.717, 1.165) is 4.09 Å². The molecule has 0 fully saturated rings. The molecule has 0 bridgehead atoms. The lowest BCUT2D eigenvalue weighted by atomic mass is 10.2. The minimum atomic E-state index is -3.92. The molecule has 0 aliphatic rings. The fourth-order valence-corrected chi connectivity index (χ4v) is 3.75. The number of hydrogen-bond donors (Lipinski definition) is 0. The summed E-state index contributed by atoms with van der Waals surface area (Å²) in [7, 11) is -3.92. The second-order valence-electron chi connectivity index (χ2n) is 4.48. The second kappa shape index (κ2) is 6.50. The molecule has 1 heterocycles. The van der Waals surface area contributed by atoms with Gasteiger partial charge in [0.05, 0.1) is 16.8 Å². The molecule has 0 spiro atoms. The molecule has 0 unspecified atom stereocenters. The minimum Gasteiger partial charge on any atom is -0.339 e. The predicted octanol–water partition coefficient (Wildman–Crippen LogP) is 2.26. The number of amides is 1. The third kappa shape index (κ3) is 2.86. The molecule has 0 aliphatic carbocycles. The molecule has 2 rings (SSSR count). The summed E-state index contributed by atoms with van der Waals surface area (Å²) < 4.78 is 25.8. The van der Waals surface area contributed by atoms with Gasteiger partial charge in [0.25, 0.3) is 15.9 Å². The Morgan fingerprint density at radius 3 is 2.50 bits per heavy atom. The average Bonchev–Trinajstić information content (AvgIpc) is 3.03. The van der Waals surface area contributed by atoms with Gasteiger partial charge in [-0.15, -0.1) is 0 Å². The monoisotopic (exact) mass is 341 g/mol. The SMILES string of the molecule is CCN(CC)C(=O)c1cccc(S(=O)(=O)n2cccn2)c1Cl. The van der Waals surface area contributed by atoms with E-state index in [2.05, 4.69) is 5.10 Å². The van der Waals surface area contributed by atoms with E-state index in [1.165, 1.54) is 36.7 Å². The van der Waals surface area contributed by atoms with Crippen molar-refractivity contribution in [3.05, 3.63) is 47.2 Å². The Hall–Kier alpha value is -1.86. The lowest BCUT2D eigenvalue weighted by molar-refractivity contribution is 0.0773. The molecule has 1 aromatic carbocycles. The molecule has 0 radical (unpaired) electrons. The van der Waals surface area contributed by atoms with E-state index in [0.29, 0.717) is 13.1 Å². The molecule has 118 valence electrons. The summed E-state index contributed by atoms with van der Waals surface area (Å²) in [4.78, 5) is 13.8. The van der Waals surface area contributed by atoms with E-state index in [-0.39, 0.29) is 21.4 Å². The van der Waals surface area contributed by atoms with Gasteiger partial charge in [0, 0.05) is 19.3 Å². The van der Waals surface area contributed by atoms with Crippen molar-refractivity contribution in [1.29, 1.82) is 0 Å². The normalized spacial score (nSPS) is 11.4. The van der Waals surface area contributed by atoms with Gasteiger partial charge in [-0.05, 0) is 32.0 Å². The van der Waals surface area contributed by atoms with E-state index >= 15 is 0 Å². The highest BCUT2D eigenvalue weighted by atomic mass is 35.5. The van der Waals surface area contributed by atoms with Crippen molar-refractivity contribution in [2.45, 2.75) is 18.7 Å². The first-order chi connectivity index (χ1) is 10.4. The van der Waals surface area contributed by atoms with Crippen molar-refractivity contribution < 1.29 is 13.2 Å². The Morgan fingerprint density at radius 1 is 1.27 bits per heavy atom. The summed E-state index contributed by atoms with van der Waals surface area (Å²) in [5.41, 5.74) is 0.165. The molecule has 8 heteroatoms. The number of nitrogens with zero attached hydrogens (tertiary/aromatic N) is 3. The minimum absolute atomic E-state index is 0.0881. The first kappa shape index (κ1) is 16.5. The largest absolute Gasteiger partial charge is 0.339 e. The van der Waals surface area contributed by atoms with Crippen LogP contribution in [0.15, 0.2) is 41.6 Å². The van der Waals surface area contributed by atoms with Gasteiger partial charge in [0.2, 0.25) is 0 Å². The molecule has 0 atom stereocenters. The van der Waals surface area contributed by atoms with E-state index in [1.807, 2.05) is 13.8 Å². The highest BCUT2D eigenvalue weighted by Gasteiger charge is 2.25. The van der Waals surface area contributed by atoms with Crippen LogP contribution in [-0.4, -0.2) is 41.5 Å². The maximum absolute atomic E-state index is 12.5. The van der Waals surface area contributed by atoms with Crippen LogP contribution in [0.5, 0.6) is 0 Å². The molecule has 22 heavy (non-hydrogen) atoms. The summed E-state index contributed by atoms with van der Waals surface area (Å²) >= 11 is 6.20. The summed E-state index contributed by atoms with van der Waals surface area (Å²) in [5.74, 6) is -0.299. The number of halogens is 1. The van der Waals surface area contributed by atoms with E-state index in [4.69, 9.17) is 11.6 Å². The van der Waals surface area contributed by atoms with Gasteiger partial charge in [-0.25, -0.2) is 0 Å². The number of carbonyl (C=O) groups excluding carboxylic acids is 1. The van der Waals surface area contributed by atoms with Gasteiger partial charge in [-0.3, -0.25) is 4.79 Å². The maximum atomic E-state index is 12.5. The number of hydrogen-bond acceptors (Lipinski definition) is 4. The smallest absolute Gasteiger partial charge is 0.284 e. The number of carbonyl (C=O) groups is 1. The third-order valence-corrected chi connectivity index (χ3v) is 5.37. The Kier molecular flexibility index (Phi) is 4.87. The van der Waals surface area contributed by atoms with Gasteiger partial charge in [-0.2, -0.15) is 17.6 Å². The topological polar surface area (TPSA) is 72.3 Å². The summed E-state index contributed by atoms with van der Waals surface area (Å²) in [6, 6.07) is 5.87. The van der Waals surface area contributed by atoms with Crippen LogP contribution in [0.25, 0.3) is 0 Å². The first-order valence-electron chi connectivity index (χ1n) is 6.76. The van der Waals surface area contributed by atoms with Crippen LogP contribution < -0.4 is 0 Å². The molecule has 0 aliphatic heterocycles. The predicted molar refractivity (Wildman–Crippen MR) is 83.5 cm³/mol. The van der Waals surface area contributed by atoms with Gasteiger partial charge >= 0.3 is 0 Å². The summed E-state index contributed by atoms with van der Waals surface area (Å²) in [6.45, 7) is 4.73. The maximum Gasteiger partial charge on any atom is 0.284 e. The summed E-state index contributed by atoms with van der Waals surface area (Å²) in [5, 5.41) is 3.63. The molecule has 0 saturated heterocycles. The lowest BCUT2D eigenvalue weighted by Crippen LogP contribution is -2.31. The number of aromatic nitrogens is 2. The molecule has 0 saturated carbocycles. The van der Waals surface area contributed by atoms with Crippen LogP contribution in [-0.2, 0) is 10.0 Å². The average molecular weight is 342 g/mol. The van der Waals surface area contributed by atoms with Crippen molar-refractivity contribution >= 4 is 27.5 Å². The van der Waals surface area contributed by atoms with Gasteiger partial charge in [0.1, 0.15) is 4.90 Å². The van der Waals surface area contributed by atoms with E-state index in [9.17, 15) is 13.2 Å². The van der Waals surface area contributed by atoms with Crippen molar-refractivity contribution in [1.82, 2.24) is 14.1 Å². The third-order valence-electron chi connectivity index (χ3n) is 3.25. The molecular weight excluding hydrogens is 326 g/mol. The Balaban J connectivity index is 2.54. The molecule has 0 N–H and O–H groups in total. The lowest BCUT2D eigenvalue weighted by Gasteiger charge is -2.20. The molecule has 2 aromatic rings. The first-order valence-corrected chi connectivity index (χ1v) is 8.58. The van der Waals surface area contributed by atoms with Crippen LogP contribution in [0.3, 0.4) is 0 Å². The van der Waals surface area contributed by atoms with Gasteiger partial charge < -0.3 is 4.90 Å². The Bertz CT molecular complexity index is 769. The van der Waals surface area contributed by atoms with Crippen molar-refractivity contribution in [3.63, 3.8) is 0 Å². The zero-order valence-corrected chi connectivity index (χ0v) is 13.8. The Labute approximate surface area is 134 Å². The van der Waals surface area contributed by atoms with Crippen molar-refractivity contribution in [2.75, 3.05) is 13.1 Å². The van der Waals surface area contributed by atoms with E-state index < -0.39 is 10.0 Å². The highest BCUT2D eigenvalue weighted by Crippen LogP contribution is 2.27. The van der Waals surface area contributed by atoms with Gasteiger partial charge in [-0.1, -0.05) is 17.7 Å². The molecule has 6 nitrogen and oxygen atoms in total. The van der Waals surface area contributed by atoms with Crippen LogP contribution >= 0.6 is 11.6 Å². The highest BCUT2D eigenvalue weighted by molar-refractivity contribution is 7.90. The number of benzene rings is 1. The van der Waals surface area contributed by atoms with Crippen molar-refractivity contribution in [3.8, 4) is 0 Å². The van der Waals surface area contributed by atoms with Crippen LogP contribution in [0.1, 0.15) is 24.2 Å². The van der Waals surface area contributed by atoms with Gasteiger partial charge in [0.15, 0.2) is 0 Å². The fourth-order valence-electron chi connectivity index (χ4n) is 2.05. The molecular formula is C14H16ClN3O3S. The molecule has 1 amide bonds. The van der Waals surface area contributed by atoms with Crippen LogP contribution in [0.2, 0.25) is 5.02 Å². The standard InChI is InChI=1S/C14H16ClN3O3S/c1-3-17(4-2)14(19)11-7-5-8-12(13(11)15)22(20,21)18-10-6-9-16-18/h5-10H,3-4H2,1-2H3. The second-order valence-corrected chi connectivity index (χ2v) is 6.62.